The Bertz CT molecular complexity index is 613. The fourth-order valence-corrected chi connectivity index (χ4v) is 2.27. The zero-order chi connectivity index (χ0) is 12.1. The van der Waals surface area contributed by atoms with Crippen molar-refractivity contribution in [2.24, 2.45) is 5.11 Å². The highest BCUT2D eigenvalue weighted by molar-refractivity contribution is 9.10. The van der Waals surface area contributed by atoms with E-state index in [9.17, 15) is 0 Å². The van der Waals surface area contributed by atoms with Gasteiger partial charge in [-0.3, -0.25) is 0 Å². The van der Waals surface area contributed by atoms with Crippen LogP contribution in [-0.4, -0.2) is 6.54 Å². The topological polar surface area (TPSA) is 48.8 Å². The Hall–Kier alpha value is -1.77. The maximum absolute atomic E-state index is 8.17. The Morgan fingerprint density at radius 1 is 1.24 bits per heavy atom. The van der Waals surface area contributed by atoms with Crippen molar-refractivity contribution in [1.29, 1.82) is 0 Å². The third-order valence-corrected chi connectivity index (χ3v) is 3.33. The van der Waals surface area contributed by atoms with Crippen LogP contribution in [0.15, 0.2) is 52.1 Å². The molecule has 0 spiro atoms. The molecule has 0 aliphatic carbocycles. The summed E-state index contributed by atoms with van der Waals surface area (Å²) in [6, 6.07) is 12.3. The van der Waals surface area contributed by atoms with Crippen LogP contribution in [0.3, 0.4) is 0 Å². The molecule has 0 atom stereocenters. The van der Waals surface area contributed by atoms with E-state index >= 15 is 0 Å². The monoisotopic (exact) mass is 287 g/mol. The number of hydrogen-bond acceptors (Lipinski definition) is 1. The Labute approximate surface area is 108 Å². The number of hydrogen-bond donors (Lipinski definition) is 0. The van der Waals surface area contributed by atoms with Crippen LogP contribution in [0.1, 0.15) is 5.56 Å². The molecule has 84 valence electrons. The summed E-state index contributed by atoms with van der Waals surface area (Å²) < 4.78 is 1.06. The van der Waals surface area contributed by atoms with Crippen molar-refractivity contribution in [2.45, 2.75) is 0 Å². The lowest BCUT2D eigenvalue weighted by atomic mass is 10.1. The van der Waals surface area contributed by atoms with Crippen molar-refractivity contribution < 1.29 is 0 Å². The molecular weight excluding hydrogens is 278 g/mol. The minimum Gasteiger partial charge on any atom is -0.0899 e. The summed E-state index contributed by atoms with van der Waals surface area (Å²) in [7, 11) is 0. The molecule has 17 heavy (non-hydrogen) atoms. The van der Waals surface area contributed by atoms with Gasteiger partial charge in [-0.15, -0.1) is 0 Å². The van der Waals surface area contributed by atoms with Gasteiger partial charge in [-0.05, 0) is 37.8 Å². The first kappa shape index (κ1) is 11.7. The van der Waals surface area contributed by atoms with E-state index in [4.69, 9.17) is 5.53 Å². The summed E-state index contributed by atoms with van der Waals surface area (Å²) in [5.74, 6) is 0. The van der Waals surface area contributed by atoms with Gasteiger partial charge in [0.05, 0.1) is 0 Å². The van der Waals surface area contributed by atoms with E-state index in [1.54, 1.807) is 0 Å². The molecule has 2 rings (SSSR count). The largest absolute Gasteiger partial charge is 0.0899 e. The Morgan fingerprint density at radius 2 is 2.06 bits per heavy atom. The van der Waals surface area contributed by atoms with Gasteiger partial charge in [-0.1, -0.05) is 53.7 Å². The smallest absolute Gasteiger partial charge is 0.0443 e. The van der Waals surface area contributed by atoms with Crippen molar-refractivity contribution in [3.63, 3.8) is 0 Å². The van der Waals surface area contributed by atoms with Crippen LogP contribution in [0.5, 0.6) is 0 Å². The quantitative estimate of drug-likeness (QED) is 0.437. The number of nitrogens with zero attached hydrogens (tertiary/aromatic N) is 3. The Balaban J connectivity index is 2.39. The summed E-state index contributed by atoms with van der Waals surface area (Å²) in [5.41, 5.74) is 9.25. The molecule has 0 N–H and O–H groups in total. The van der Waals surface area contributed by atoms with Crippen molar-refractivity contribution in [1.82, 2.24) is 0 Å². The average Bonchev–Trinajstić information content (AvgIpc) is 2.37. The zero-order valence-electron chi connectivity index (χ0n) is 9.05. The molecule has 2 aromatic rings. The van der Waals surface area contributed by atoms with Gasteiger partial charge in [0.1, 0.15) is 0 Å². The number of rotatable bonds is 3. The van der Waals surface area contributed by atoms with E-state index in [1.165, 1.54) is 10.8 Å². The van der Waals surface area contributed by atoms with Gasteiger partial charge in [0.2, 0.25) is 0 Å². The summed E-state index contributed by atoms with van der Waals surface area (Å²) in [6.45, 7) is 0.371. The molecule has 0 radical (unpaired) electrons. The molecule has 0 bridgehead atoms. The van der Waals surface area contributed by atoms with E-state index in [1.807, 2.05) is 30.4 Å². The maximum atomic E-state index is 8.17. The number of halogens is 1. The lowest BCUT2D eigenvalue weighted by Gasteiger charge is -2.03. The molecule has 4 heteroatoms. The highest BCUT2D eigenvalue weighted by Gasteiger charge is 2.01. The fraction of sp³-hybridized carbons (Fsp3) is 0.0769. The first-order chi connectivity index (χ1) is 8.33. The van der Waals surface area contributed by atoms with E-state index in [0.717, 1.165) is 10.0 Å². The van der Waals surface area contributed by atoms with Crippen molar-refractivity contribution >= 4 is 32.8 Å². The first-order valence-corrected chi connectivity index (χ1v) is 5.97. The van der Waals surface area contributed by atoms with Gasteiger partial charge in [0, 0.05) is 15.9 Å². The third kappa shape index (κ3) is 2.67. The predicted octanol–water partition coefficient (Wildman–Crippen LogP) is 4.93. The van der Waals surface area contributed by atoms with Crippen LogP contribution in [0.2, 0.25) is 0 Å². The Kier molecular flexibility index (Phi) is 3.81. The van der Waals surface area contributed by atoms with Crippen LogP contribution < -0.4 is 0 Å². The Morgan fingerprint density at radius 3 is 2.88 bits per heavy atom. The summed E-state index contributed by atoms with van der Waals surface area (Å²) in [6.07, 6.45) is 3.79. The molecule has 0 aromatic heterocycles. The standard InChI is InChI=1S/C13H10BrN3/c14-13-11(5-3-9-16-17-15)8-7-10-4-1-2-6-12(10)13/h1-8H,9H2. The van der Waals surface area contributed by atoms with Gasteiger partial charge >= 0.3 is 0 Å². The van der Waals surface area contributed by atoms with Gasteiger partial charge in [0.15, 0.2) is 0 Å². The normalized spacial score (nSPS) is 10.6. The molecule has 0 saturated carbocycles. The number of fused-ring (bicyclic) bond motifs is 1. The molecule has 0 amide bonds. The average molecular weight is 288 g/mol. The fourth-order valence-electron chi connectivity index (χ4n) is 1.64. The second kappa shape index (κ2) is 5.53. The minimum atomic E-state index is 0.371. The molecule has 0 unspecified atom stereocenters. The summed E-state index contributed by atoms with van der Waals surface area (Å²) in [4.78, 5) is 2.70. The number of benzene rings is 2. The van der Waals surface area contributed by atoms with Crippen LogP contribution >= 0.6 is 15.9 Å². The van der Waals surface area contributed by atoms with E-state index in [2.05, 4.69) is 44.2 Å². The summed E-state index contributed by atoms with van der Waals surface area (Å²) in [5, 5.41) is 5.84. The highest BCUT2D eigenvalue weighted by atomic mass is 79.9. The van der Waals surface area contributed by atoms with Crippen molar-refractivity contribution in [3.8, 4) is 0 Å². The zero-order valence-corrected chi connectivity index (χ0v) is 10.6. The van der Waals surface area contributed by atoms with E-state index in [0.29, 0.717) is 6.54 Å². The van der Waals surface area contributed by atoms with Crippen LogP contribution in [0, 0.1) is 0 Å². The van der Waals surface area contributed by atoms with Crippen LogP contribution in [-0.2, 0) is 0 Å². The maximum Gasteiger partial charge on any atom is 0.0443 e. The van der Waals surface area contributed by atoms with Gasteiger partial charge < -0.3 is 0 Å². The van der Waals surface area contributed by atoms with Gasteiger partial charge in [0.25, 0.3) is 0 Å². The van der Waals surface area contributed by atoms with Crippen molar-refractivity contribution in [3.05, 3.63) is 63.0 Å². The molecule has 0 fully saturated rings. The lowest BCUT2D eigenvalue weighted by molar-refractivity contribution is 1.22. The SMILES string of the molecule is [N-]=[N+]=NCC=Cc1ccc2ccccc2c1Br. The van der Waals surface area contributed by atoms with Crippen LogP contribution in [0.4, 0.5) is 0 Å². The molecule has 0 aliphatic heterocycles. The minimum absolute atomic E-state index is 0.371. The van der Waals surface area contributed by atoms with Crippen LogP contribution in [0.25, 0.3) is 27.3 Å². The van der Waals surface area contributed by atoms with Crippen molar-refractivity contribution in [2.75, 3.05) is 6.54 Å². The van der Waals surface area contributed by atoms with Gasteiger partial charge in [-0.2, -0.15) is 0 Å². The molecule has 0 heterocycles. The van der Waals surface area contributed by atoms with E-state index in [-0.39, 0.29) is 0 Å². The third-order valence-electron chi connectivity index (χ3n) is 2.44. The first-order valence-electron chi connectivity index (χ1n) is 5.17. The molecule has 3 nitrogen and oxygen atoms in total. The summed E-state index contributed by atoms with van der Waals surface area (Å²) >= 11 is 3.60. The molecule has 0 saturated heterocycles. The lowest BCUT2D eigenvalue weighted by Crippen LogP contribution is -1.80. The molecule has 0 aliphatic rings. The van der Waals surface area contributed by atoms with Gasteiger partial charge in [-0.25, -0.2) is 0 Å². The molecular formula is C13H10BrN3. The van der Waals surface area contributed by atoms with E-state index < -0.39 is 0 Å². The second-order valence-corrected chi connectivity index (χ2v) is 4.30. The molecule has 2 aromatic carbocycles. The predicted molar refractivity (Wildman–Crippen MR) is 74.7 cm³/mol. The highest BCUT2D eigenvalue weighted by Crippen LogP contribution is 2.28. The second-order valence-electron chi connectivity index (χ2n) is 3.51. The number of azide groups is 1.